The fourth-order valence-electron chi connectivity index (χ4n) is 1.34. The van der Waals surface area contributed by atoms with E-state index in [4.69, 9.17) is 22.4 Å². The van der Waals surface area contributed by atoms with Crippen LogP contribution in [0.2, 0.25) is 5.02 Å². The largest absolute Gasteiger partial charge is 0.481 e. The maximum Gasteiger partial charge on any atom is 0.303 e. The van der Waals surface area contributed by atoms with Crippen LogP contribution in [0, 0.1) is 0 Å². The van der Waals surface area contributed by atoms with Crippen LogP contribution < -0.4 is 11.1 Å². The van der Waals surface area contributed by atoms with Crippen molar-refractivity contribution >= 4 is 29.2 Å². The minimum Gasteiger partial charge on any atom is -0.481 e. The molecule has 5 nitrogen and oxygen atoms in total. The SMILES string of the molecule is NC(=O)c1ccc(Cl)cc1NCCCC(=O)O. The molecule has 0 fully saturated rings. The molecule has 0 radical (unpaired) electrons. The van der Waals surface area contributed by atoms with Crippen molar-refractivity contribution in [2.75, 3.05) is 11.9 Å². The van der Waals surface area contributed by atoms with Crippen molar-refractivity contribution in [2.45, 2.75) is 12.8 Å². The van der Waals surface area contributed by atoms with Crippen LogP contribution in [0.15, 0.2) is 18.2 Å². The van der Waals surface area contributed by atoms with E-state index in [2.05, 4.69) is 5.32 Å². The summed E-state index contributed by atoms with van der Waals surface area (Å²) in [7, 11) is 0. The third-order valence-corrected chi connectivity index (χ3v) is 2.37. The third-order valence-electron chi connectivity index (χ3n) is 2.13. The molecule has 0 saturated carbocycles. The summed E-state index contributed by atoms with van der Waals surface area (Å²) in [6.45, 7) is 0.437. The van der Waals surface area contributed by atoms with Crippen LogP contribution in [-0.2, 0) is 4.79 Å². The monoisotopic (exact) mass is 256 g/mol. The van der Waals surface area contributed by atoms with Gasteiger partial charge in [-0.1, -0.05) is 11.6 Å². The average molecular weight is 257 g/mol. The first-order chi connectivity index (χ1) is 8.00. The number of nitrogens with one attached hydrogen (secondary N) is 1. The summed E-state index contributed by atoms with van der Waals surface area (Å²) in [5.41, 5.74) is 6.06. The van der Waals surface area contributed by atoms with Crippen LogP contribution in [-0.4, -0.2) is 23.5 Å². The highest BCUT2D eigenvalue weighted by molar-refractivity contribution is 6.31. The van der Waals surface area contributed by atoms with E-state index in [9.17, 15) is 9.59 Å². The quantitative estimate of drug-likeness (QED) is 0.676. The van der Waals surface area contributed by atoms with Crippen LogP contribution in [0.1, 0.15) is 23.2 Å². The Bertz CT molecular complexity index is 435. The Morgan fingerprint density at radius 3 is 2.71 bits per heavy atom. The van der Waals surface area contributed by atoms with Gasteiger partial charge >= 0.3 is 5.97 Å². The molecule has 1 rings (SSSR count). The molecule has 4 N–H and O–H groups in total. The Hall–Kier alpha value is -1.75. The summed E-state index contributed by atoms with van der Waals surface area (Å²) in [6, 6.07) is 4.69. The van der Waals surface area contributed by atoms with Gasteiger partial charge in [0.05, 0.1) is 5.56 Å². The number of carboxylic acid groups (broad SMARTS) is 1. The van der Waals surface area contributed by atoms with Crippen LogP contribution in [0.4, 0.5) is 5.69 Å². The fourth-order valence-corrected chi connectivity index (χ4v) is 1.51. The van der Waals surface area contributed by atoms with Gasteiger partial charge in [-0.25, -0.2) is 0 Å². The summed E-state index contributed by atoms with van der Waals surface area (Å²) in [5, 5.41) is 11.9. The number of amides is 1. The predicted molar refractivity (Wildman–Crippen MR) is 65.3 cm³/mol. The van der Waals surface area contributed by atoms with E-state index in [1.54, 1.807) is 12.1 Å². The topological polar surface area (TPSA) is 92.4 Å². The van der Waals surface area contributed by atoms with Gasteiger partial charge in [0.15, 0.2) is 0 Å². The number of benzene rings is 1. The number of halogens is 1. The van der Waals surface area contributed by atoms with Gasteiger partial charge in [0, 0.05) is 23.7 Å². The van der Waals surface area contributed by atoms with E-state index < -0.39 is 11.9 Å². The summed E-state index contributed by atoms with van der Waals surface area (Å²) < 4.78 is 0. The molecule has 0 aliphatic carbocycles. The van der Waals surface area contributed by atoms with Crippen molar-refractivity contribution in [3.05, 3.63) is 28.8 Å². The minimum absolute atomic E-state index is 0.0689. The molecule has 0 atom stereocenters. The molecule has 0 aliphatic heterocycles. The van der Waals surface area contributed by atoms with Gasteiger partial charge in [-0.15, -0.1) is 0 Å². The molecular formula is C11H13ClN2O3. The van der Waals surface area contributed by atoms with E-state index in [1.165, 1.54) is 6.07 Å². The third kappa shape index (κ3) is 4.32. The van der Waals surface area contributed by atoms with Crippen LogP contribution >= 0.6 is 11.6 Å². The van der Waals surface area contributed by atoms with Gasteiger partial charge in [-0.05, 0) is 24.6 Å². The van der Waals surface area contributed by atoms with Gasteiger partial charge < -0.3 is 16.2 Å². The highest BCUT2D eigenvalue weighted by Crippen LogP contribution is 2.20. The minimum atomic E-state index is -0.854. The molecule has 0 aliphatic rings. The Morgan fingerprint density at radius 1 is 1.41 bits per heavy atom. The van der Waals surface area contributed by atoms with Gasteiger partial charge in [-0.2, -0.15) is 0 Å². The van der Waals surface area contributed by atoms with E-state index in [1.807, 2.05) is 0 Å². The van der Waals surface area contributed by atoms with Crippen molar-refractivity contribution in [3.63, 3.8) is 0 Å². The molecule has 0 bridgehead atoms. The standard InChI is InChI=1S/C11H13ClN2O3/c12-7-3-4-8(11(13)17)9(6-7)14-5-1-2-10(15)16/h3-4,6,14H,1-2,5H2,(H2,13,17)(H,15,16). The number of hydrogen-bond acceptors (Lipinski definition) is 3. The molecule has 0 aromatic heterocycles. The van der Waals surface area contributed by atoms with Crippen LogP contribution in [0.5, 0.6) is 0 Å². The number of primary amides is 1. The van der Waals surface area contributed by atoms with Crippen LogP contribution in [0.3, 0.4) is 0 Å². The number of aliphatic carboxylic acids is 1. The van der Waals surface area contributed by atoms with Gasteiger partial charge in [0.25, 0.3) is 5.91 Å². The normalized spacial score (nSPS) is 9.94. The molecule has 0 saturated heterocycles. The maximum atomic E-state index is 11.1. The zero-order valence-electron chi connectivity index (χ0n) is 9.07. The van der Waals surface area contributed by atoms with E-state index in [0.29, 0.717) is 29.2 Å². The number of carbonyl (C=O) groups excluding carboxylic acids is 1. The highest BCUT2D eigenvalue weighted by atomic mass is 35.5. The van der Waals surface area contributed by atoms with Crippen molar-refractivity contribution in [1.29, 1.82) is 0 Å². The van der Waals surface area contributed by atoms with Gasteiger partial charge in [-0.3, -0.25) is 9.59 Å². The molecular weight excluding hydrogens is 244 g/mol. The number of anilines is 1. The zero-order valence-corrected chi connectivity index (χ0v) is 9.83. The summed E-state index contributed by atoms with van der Waals surface area (Å²) in [6.07, 6.45) is 0.527. The van der Waals surface area contributed by atoms with E-state index in [-0.39, 0.29) is 6.42 Å². The lowest BCUT2D eigenvalue weighted by atomic mass is 10.1. The molecule has 0 heterocycles. The Labute approximate surface area is 104 Å². The Kier molecular flexibility index (Phi) is 4.78. The number of hydrogen-bond donors (Lipinski definition) is 3. The molecule has 92 valence electrons. The molecule has 17 heavy (non-hydrogen) atoms. The molecule has 0 spiro atoms. The highest BCUT2D eigenvalue weighted by Gasteiger charge is 2.08. The molecule has 0 unspecified atom stereocenters. The van der Waals surface area contributed by atoms with Crippen molar-refractivity contribution < 1.29 is 14.7 Å². The maximum absolute atomic E-state index is 11.1. The smallest absolute Gasteiger partial charge is 0.303 e. The molecule has 1 aromatic carbocycles. The lowest BCUT2D eigenvalue weighted by Gasteiger charge is -2.09. The lowest BCUT2D eigenvalue weighted by Crippen LogP contribution is -2.15. The van der Waals surface area contributed by atoms with Crippen molar-refractivity contribution in [3.8, 4) is 0 Å². The van der Waals surface area contributed by atoms with Crippen LogP contribution in [0.25, 0.3) is 0 Å². The van der Waals surface area contributed by atoms with E-state index >= 15 is 0 Å². The molecule has 1 aromatic rings. The van der Waals surface area contributed by atoms with Gasteiger partial charge in [0.1, 0.15) is 0 Å². The second-order valence-corrected chi connectivity index (χ2v) is 3.91. The first-order valence-corrected chi connectivity index (χ1v) is 5.43. The second-order valence-electron chi connectivity index (χ2n) is 3.48. The number of nitrogens with two attached hydrogens (primary N) is 1. The number of carbonyl (C=O) groups is 2. The summed E-state index contributed by atoms with van der Waals surface area (Å²) >= 11 is 5.80. The van der Waals surface area contributed by atoms with Gasteiger partial charge in [0.2, 0.25) is 0 Å². The summed E-state index contributed by atoms with van der Waals surface area (Å²) in [5.74, 6) is -1.41. The Balaban J connectivity index is 2.65. The molecule has 6 heteroatoms. The first kappa shape index (κ1) is 13.3. The number of rotatable bonds is 6. The molecule has 1 amide bonds. The first-order valence-electron chi connectivity index (χ1n) is 5.05. The fraction of sp³-hybridized carbons (Fsp3) is 0.273. The zero-order chi connectivity index (χ0) is 12.8. The lowest BCUT2D eigenvalue weighted by molar-refractivity contribution is -0.137. The van der Waals surface area contributed by atoms with Crippen molar-refractivity contribution in [2.24, 2.45) is 5.73 Å². The Morgan fingerprint density at radius 2 is 2.12 bits per heavy atom. The van der Waals surface area contributed by atoms with E-state index in [0.717, 1.165) is 0 Å². The second kappa shape index (κ2) is 6.10. The predicted octanol–water partition coefficient (Wildman–Crippen LogP) is 1.72. The number of carboxylic acids is 1. The average Bonchev–Trinajstić information content (AvgIpc) is 2.23. The summed E-state index contributed by atoms with van der Waals surface area (Å²) in [4.78, 5) is 21.4. The van der Waals surface area contributed by atoms with Crippen molar-refractivity contribution in [1.82, 2.24) is 0 Å².